The van der Waals surface area contributed by atoms with Crippen molar-refractivity contribution in [1.29, 1.82) is 0 Å². The van der Waals surface area contributed by atoms with E-state index in [0.717, 1.165) is 37.2 Å². The van der Waals surface area contributed by atoms with Gasteiger partial charge in [0.25, 0.3) is 0 Å². The zero-order valence-corrected chi connectivity index (χ0v) is 12.6. The number of nitrogens with two attached hydrogens (primary N) is 1. The number of nitrogens with zero attached hydrogens (tertiary/aromatic N) is 1. The monoisotopic (exact) mass is 290 g/mol. The molecule has 2 aliphatic rings. The Kier molecular flexibility index (Phi) is 4.66. The summed E-state index contributed by atoms with van der Waals surface area (Å²) in [5.41, 5.74) is 6.40. The average Bonchev–Trinajstić information content (AvgIpc) is 3.33. The molecule has 0 bridgehead atoms. The molecule has 3 rings (SSSR count). The van der Waals surface area contributed by atoms with Crippen LogP contribution >= 0.6 is 0 Å². The van der Waals surface area contributed by atoms with Crippen LogP contribution in [0.5, 0.6) is 5.75 Å². The van der Waals surface area contributed by atoms with E-state index in [4.69, 9.17) is 10.5 Å². The van der Waals surface area contributed by atoms with Gasteiger partial charge in [-0.25, -0.2) is 0 Å². The van der Waals surface area contributed by atoms with Gasteiger partial charge in [-0.15, -0.1) is 0 Å². The van der Waals surface area contributed by atoms with Crippen LogP contribution in [0.1, 0.15) is 25.7 Å². The molecule has 116 valence electrons. The highest BCUT2D eigenvalue weighted by atomic mass is 16.5. The predicted octanol–water partition coefficient (Wildman–Crippen LogP) is 2.13. The summed E-state index contributed by atoms with van der Waals surface area (Å²) in [6.45, 7) is 3.34. The number of hydrogen-bond acceptors (Lipinski definition) is 4. The van der Waals surface area contributed by atoms with Crippen LogP contribution in [-0.4, -0.2) is 42.4 Å². The molecule has 0 amide bonds. The molecule has 1 atom stereocenters. The van der Waals surface area contributed by atoms with Gasteiger partial charge < -0.3 is 20.5 Å². The molecule has 0 aliphatic heterocycles. The number of nitrogen functional groups attached to an aromatic ring is 1. The lowest BCUT2D eigenvalue weighted by Gasteiger charge is -2.25. The highest BCUT2D eigenvalue weighted by Gasteiger charge is 2.30. The summed E-state index contributed by atoms with van der Waals surface area (Å²) in [6.07, 6.45) is 4.99. The van der Waals surface area contributed by atoms with Crippen molar-refractivity contribution in [2.24, 2.45) is 11.8 Å². The van der Waals surface area contributed by atoms with Crippen LogP contribution in [0.25, 0.3) is 0 Å². The van der Waals surface area contributed by atoms with Crippen LogP contribution in [0.15, 0.2) is 24.3 Å². The third kappa shape index (κ3) is 5.21. The molecular formula is C17H26N2O2. The maximum Gasteiger partial charge on any atom is 0.121 e. The number of benzene rings is 1. The molecule has 1 aromatic carbocycles. The average molecular weight is 290 g/mol. The van der Waals surface area contributed by atoms with E-state index in [1.807, 2.05) is 18.2 Å². The third-order valence-electron chi connectivity index (χ3n) is 4.20. The van der Waals surface area contributed by atoms with Gasteiger partial charge in [0.1, 0.15) is 18.5 Å². The predicted molar refractivity (Wildman–Crippen MR) is 84.2 cm³/mol. The Balaban J connectivity index is 1.43. The molecule has 21 heavy (non-hydrogen) atoms. The van der Waals surface area contributed by atoms with E-state index < -0.39 is 6.10 Å². The van der Waals surface area contributed by atoms with Gasteiger partial charge in [-0.2, -0.15) is 0 Å². The molecule has 4 heteroatoms. The van der Waals surface area contributed by atoms with E-state index in [2.05, 4.69) is 4.90 Å². The van der Waals surface area contributed by atoms with Crippen molar-refractivity contribution in [2.45, 2.75) is 31.8 Å². The van der Waals surface area contributed by atoms with Crippen LogP contribution in [-0.2, 0) is 0 Å². The van der Waals surface area contributed by atoms with Crippen molar-refractivity contribution in [2.75, 3.05) is 32.0 Å². The number of hydrogen-bond donors (Lipinski definition) is 2. The summed E-state index contributed by atoms with van der Waals surface area (Å²) >= 11 is 0. The van der Waals surface area contributed by atoms with E-state index >= 15 is 0 Å². The molecule has 0 saturated heterocycles. The summed E-state index contributed by atoms with van der Waals surface area (Å²) in [4.78, 5) is 2.43. The van der Waals surface area contributed by atoms with Crippen molar-refractivity contribution >= 4 is 5.69 Å². The number of anilines is 1. The third-order valence-corrected chi connectivity index (χ3v) is 4.20. The largest absolute Gasteiger partial charge is 0.491 e. The Morgan fingerprint density at radius 2 is 1.86 bits per heavy atom. The van der Waals surface area contributed by atoms with Crippen molar-refractivity contribution in [3.05, 3.63) is 24.3 Å². The van der Waals surface area contributed by atoms with Crippen LogP contribution in [0.2, 0.25) is 0 Å². The molecule has 2 saturated carbocycles. The van der Waals surface area contributed by atoms with Gasteiger partial charge in [0.05, 0.1) is 0 Å². The van der Waals surface area contributed by atoms with Crippen LogP contribution in [0.3, 0.4) is 0 Å². The lowest BCUT2D eigenvalue weighted by Crippen LogP contribution is -2.38. The lowest BCUT2D eigenvalue weighted by atomic mass is 10.2. The topological polar surface area (TPSA) is 58.7 Å². The fourth-order valence-electron chi connectivity index (χ4n) is 2.70. The van der Waals surface area contributed by atoms with E-state index in [1.165, 1.54) is 25.7 Å². The molecule has 3 N–H and O–H groups in total. The SMILES string of the molecule is Nc1cccc(OCC(O)CN(CC2CC2)CC2CC2)c1. The van der Waals surface area contributed by atoms with Crippen molar-refractivity contribution < 1.29 is 9.84 Å². The number of aliphatic hydroxyl groups excluding tert-OH is 1. The van der Waals surface area contributed by atoms with Gasteiger partial charge in [-0.05, 0) is 49.7 Å². The van der Waals surface area contributed by atoms with Crippen LogP contribution in [0.4, 0.5) is 5.69 Å². The van der Waals surface area contributed by atoms with Gasteiger partial charge in [-0.1, -0.05) is 6.07 Å². The maximum absolute atomic E-state index is 10.2. The minimum Gasteiger partial charge on any atom is -0.491 e. The molecule has 0 spiro atoms. The molecule has 4 nitrogen and oxygen atoms in total. The molecular weight excluding hydrogens is 264 g/mol. The Morgan fingerprint density at radius 1 is 1.19 bits per heavy atom. The van der Waals surface area contributed by atoms with Gasteiger partial charge in [0.2, 0.25) is 0 Å². The van der Waals surface area contributed by atoms with Gasteiger partial charge in [0, 0.05) is 31.4 Å². The first kappa shape index (κ1) is 14.7. The van der Waals surface area contributed by atoms with Crippen molar-refractivity contribution in [3.63, 3.8) is 0 Å². The fourth-order valence-corrected chi connectivity index (χ4v) is 2.70. The summed E-state index contributed by atoms with van der Waals surface area (Å²) in [5.74, 6) is 2.46. The Labute approximate surface area is 126 Å². The molecule has 1 aromatic rings. The molecule has 2 aliphatic carbocycles. The number of rotatable bonds is 9. The van der Waals surface area contributed by atoms with E-state index in [0.29, 0.717) is 12.3 Å². The van der Waals surface area contributed by atoms with Gasteiger partial charge >= 0.3 is 0 Å². The normalized spacial score (nSPS) is 19.7. The smallest absolute Gasteiger partial charge is 0.121 e. The molecule has 0 aromatic heterocycles. The van der Waals surface area contributed by atoms with Crippen LogP contribution in [0, 0.1) is 11.8 Å². The van der Waals surface area contributed by atoms with Gasteiger partial charge in [0.15, 0.2) is 0 Å². The molecule has 0 heterocycles. The summed E-state index contributed by atoms with van der Waals surface area (Å²) in [6, 6.07) is 7.36. The van der Waals surface area contributed by atoms with Crippen molar-refractivity contribution in [1.82, 2.24) is 4.90 Å². The highest BCUT2D eigenvalue weighted by Crippen LogP contribution is 2.33. The number of aliphatic hydroxyl groups is 1. The minimum atomic E-state index is -0.441. The Morgan fingerprint density at radius 3 is 2.43 bits per heavy atom. The minimum absolute atomic E-state index is 0.329. The quantitative estimate of drug-likeness (QED) is 0.684. The van der Waals surface area contributed by atoms with E-state index in [-0.39, 0.29) is 0 Å². The van der Waals surface area contributed by atoms with E-state index in [1.54, 1.807) is 6.07 Å². The Bertz CT molecular complexity index is 444. The fraction of sp³-hybridized carbons (Fsp3) is 0.647. The molecule has 2 fully saturated rings. The molecule has 1 unspecified atom stereocenters. The van der Waals surface area contributed by atoms with Gasteiger partial charge in [-0.3, -0.25) is 0 Å². The first-order valence-electron chi connectivity index (χ1n) is 8.08. The summed E-state index contributed by atoms with van der Waals surface area (Å²) in [5, 5.41) is 10.2. The first-order chi connectivity index (χ1) is 10.2. The van der Waals surface area contributed by atoms with Crippen molar-refractivity contribution in [3.8, 4) is 5.75 Å². The standard InChI is InChI=1S/C17H26N2O2/c18-15-2-1-3-17(8-15)21-12-16(20)11-19(9-13-4-5-13)10-14-6-7-14/h1-3,8,13-14,16,20H,4-7,9-12,18H2. The highest BCUT2D eigenvalue weighted by molar-refractivity contribution is 5.43. The second-order valence-electron chi connectivity index (χ2n) is 6.64. The second-order valence-corrected chi connectivity index (χ2v) is 6.64. The molecule has 0 radical (unpaired) electrons. The second kappa shape index (κ2) is 6.67. The Hall–Kier alpha value is -1.26. The maximum atomic E-state index is 10.2. The summed E-state index contributed by atoms with van der Waals surface area (Å²) in [7, 11) is 0. The zero-order valence-electron chi connectivity index (χ0n) is 12.6. The number of ether oxygens (including phenoxy) is 1. The van der Waals surface area contributed by atoms with Crippen LogP contribution < -0.4 is 10.5 Å². The lowest BCUT2D eigenvalue weighted by molar-refractivity contribution is 0.0649. The summed E-state index contributed by atoms with van der Waals surface area (Å²) < 4.78 is 5.63. The first-order valence-corrected chi connectivity index (χ1v) is 8.08. The zero-order chi connectivity index (χ0) is 14.7. The van der Waals surface area contributed by atoms with E-state index in [9.17, 15) is 5.11 Å².